The number of hydrogen-bond donors (Lipinski definition) is 2. The number of amides is 2. The first-order chi connectivity index (χ1) is 10.6. The van der Waals surface area contributed by atoms with Gasteiger partial charge < -0.3 is 10.1 Å². The Bertz CT molecular complexity index is 639. The highest BCUT2D eigenvalue weighted by Gasteiger charge is 2.11. The number of carbonyl (C=O) groups is 2. The molecule has 0 saturated heterocycles. The van der Waals surface area contributed by atoms with Gasteiger partial charge in [-0.3, -0.25) is 10.1 Å². The van der Waals surface area contributed by atoms with E-state index >= 15 is 0 Å². The van der Waals surface area contributed by atoms with E-state index in [0.29, 0.717) is 11.3 Å². The van der Waals surface area contributed by atoms with E-state index < -0.39 is 6.09 Å². The van der Waals surface area contributed by atoms with E-state index in [0.717, 1.165) is 5.56 Å². The molecule has 22 heavy (non-hydrogen) atoms. The topological polar surface area (TPSA) is 67.4 Å². The van der Waals surface area contributed by atoms with Crippen LogP contribution in [0.5, 0.6) is 0 Å². The van der Waals surface area contributed by atoms with Crippen LogP contribution in [0.25, 0.3) is 0 Å². The van der Waals surface area contributed by atoms with Crippen LogP contribution in [0.3, 0.4) is 0 Å². The molecule has 0 bridgehead atoms. The van der Waals surface area contributed by atoms with Gasteiger partial charge in [0.1, 0.15) is 0 Å². The fourth-order valence-corrected chi connectivity index (χ4v) is 1.98. The van der Waals surface area contributed by atoms with Gasteiger partial charge in [-0.05, 0) is 36.8 Å². The van der Waals surface area contributed by atoms with Crippen LogP contribution in [0, 0.1) is 0 Å². The molecule has 1 atom stereocenters. The normalized spacial score (nSPS) is 11.4. The molecule has 0 aliphatic carbocycles. The summed E-state index contributed by atoms with van der Waals surface area (Å²) in [4.78, 5) is 23.3. The van der Waals surface area contributed by atoms with Gasteiger partial charge in [-0.2, -0.15) is 0 Å². The lowest BCUT2D eigenvalue weighted by Crippen LogP contribution is -2.26. The molecule has 0 aliphatic heterocycles. The second-order valence-corrected chi connectivity index (χ2v) is 4.80. The molecule has 0 radical (unpaired) electrons. The Morgan fingerprint density at radius 3 is 2.23 bits per heavy atom. The minimum Gasteiger partial charge on any atom is -0.453 e. The molecule has 0 heterocycles. The predicted octanol–water partition coefficient (Wildman–Crippen LogP) is 3.36. The molecule has 2 amide bonds. The maximum atomic E-state index is 12.2. The summed E-state index contributed by atoms with van der Waals surface area (Å²) in [5, 5.41) is 5.46. The van der Waals surface area contributed by atoms with Crippen molar-refractivity contribution in [2.75, 3.05) is 12.4 Å². The van der Waals surface area contributed by atoms with Gasteiger partial charge in [0.25, 0.3) is 5.91 Å². The summed E-state index contributed by atoms with van der Waals surface area (Å²) in [5.74, 6) is -0.166. The van der Waals surface area contributed by atoms with E-state index in [1.54, 1.807) is 24.3 Å². The van der Waals surface area contributed by atoms with Gasteiger partial charge in [0.2, 0.25) is 0 Å². The van der Waals surface area contributed by atoms with Gasteiger partial charge in [0.15, 0.2) is 0 Å². The second kappa shape index (κ2) is 7.26. The molecular weight excluding hydrogens is 280 g/mol. The van der Waals surface area contributed by atoms with Crippen LogP contribution in [-0.2, 0) is 4.74 Å². The highest BCUT2D eigenvalue weighted by molar-refractivity contribution is 5.95. The Morgan fingerprint density at radius 2 is 1.64 bits per heavy atom. The van der Waals surface area contributed by atoms with Crippen LogP contribution < -0.4 is 10.6 Å². The smallest absolute Gasteiger partial charge is 0.411 e. The molecule has 2 N–H and O–H groups in total. The summed E-state index contributed by atoms with van der Waals surface area (Å²) >= 11 is 0. The second-order valence-electron chi connectivity index (χ2n) is 4.80. The Balaban J connectivity index is 1.99. The van der Waals surface area contributed by atoms with Gasteiger partial charge in [0, 0.05) is 11.3 Å². The average molecular weight is 298 g/mol. The lowest BCUT2D eigenvalue weighted by molar-refractivity contribution is 0.0940. The number of hydrogen-bond acceptors (Lipinski definition) is 3. The molecule has 114 valence electrons. The Morgan fingerprint density at radius 1 is 1.00 bits per heavy atom. The summed E-state index contributed by atoms with van der Waals surface area (Å²) in [6, 6.07) is 16.3. The van der Waals surface area contributed by atoms with Crippen LogP contribution >= 0.6 is 0 Å². The predicted molar refractivity (Wildman–Crippen MR) is 84.8 cm³/mol. The highest BCUT2D eigenvalue weighted by atomic mass is 16.5. The molecule has 5 nitrogen and oxygen atoms in total. The van der Waals surface area contributed by atoms with E-state index in [9.17, 15) is 9.59 Å². The number of methoxy groups -OCH3 is 1. The van der Waals surface area contributed by atoms with Gasteiger partial charge in [-0.25, -0.2) is 4.79 Å². The van der Waals surface area contributed by atoms with Crippen molar-refractivity contribution in [3.05, 3.63) is 65.7 Å². The SMILES string of the molecule is COC(=O)Nc1ccc(C(=O)N[C@H](C)c2ccccc2)cc1. The maximum absolute atomic E-state index is 12.2. The number of anilines is 1. The molecule has 5 heteroatoms. The van der Waals surface area contributed by atoms with E-state index in [1.807, 2.05) is 37.3 Å². The first-order valence-electron chi connectivity index (χ1n) is 6.91. The molecule has 0 fully saturated rings. The van der Waals surface area contributed by atoms with Crippen LogP contribution in [0.1, 0.15) is 28.9 Å². The van der Waals surface area contributed by atoms with Crippen molar-refractivity contribution < 1.29 is 14.3 Å². The summed E-state index contributed by atoms with van der Waals surface area (Å²) < 4.78 is 4.50. The third kappa shape index (κ3) is 4.09. The summed E-state index contributed by atoms with van der Waals surface area (Å²) in [6.45, 7) is 1.93. The van der Waals surface area contributed by atoms with Gasteiger partial charge in [-0.15, -0.1) is 0 Å². The van der Waals surface area contributed by atoms with Gasteiger partial charge >= 0.3 is 6.09 Å². The lowest BCUT2D eigenvalue weighted by Gasteiger charge is -2.14. The lowest BCUT2D eigenvalue weighted by atomic mass is 10.1. The van der Waals surface area contributed by atoms with Crippen LogP contribution in [0.4, 0.5) is 10.5 Å². The maximum Gasteiger partial charge on any atom is 0.411 e. The standard InChI is InChI=1S/C17H18N2O3/c1-12(13-6-4-3-5-7-13)18-16(20)14-8-10-15(11-9-14)19-17(21)22-2/h3-12H,1-2H3,(H,18,20)(H,19,21)/t12-/m1/s1. The van der Waals surface area contributed by atoms with Crippen molar-refractivity contribution in [3.63, 3.8) is 0 Å². The molecule has 0 unspecified atom stereocenters. The fourth-order valence-electron chi connectivity index (χ4n) is 1.98. The summed E-state index contributed by atoms with van der Waals surface area (Å²) in [5.41, 5.74) is 2.14. The van der Waals surface area contributed by atoms with Crippen molar-refractivity contribution in [2.45, 2.75) is 13.0 Å². The van der Waals surface area contributed by atoms with Crippen molar-refractivity contribution in [1.29, 1.82) is 0 Å². The number of benzene rings is 2. The zero-order chi connectivity index (χ0) is 15.9. The monoisotopic (exact) mass is 298 g/mol. The zero-order valence-electron chi connectivity index (χ0n) is 12.5. The molecule has 2 rings (SSSR count). The van der Waals surface area contributed by atoms with Crippen molar-refractivity contribution in [2.24, 2.45) is 0 Å². The average Bonchev–Trinajstić information content (AvgIpc) is 2.56. The van der Waals surface area contributed by atoms with Crippen LogP contribution in [0.2, 0.25) is 0 Å². The quantitative estimate of drug-likeness (QED) is 0.909. The van der Waals surface area contributed by atoms with E-state index in [2.05, 4.69) is 15.4 Å². The molecule has 0 saturated carbocycles. The number of nitrogens with one attached hydrogen (secondary N) is 2. The van der Waals surface area contributed by atoms with Gasteiger partial charge in [0.05, 0.1) is 13.2 Å². The number of carbonyl (C=O) groups excluding carboxylic acids is 2. The molecule has 0 aromatic heterocycles. The first kappa shape index (κ1) is 15.6. The summed E-state index contributed by atoms with van der Waals surface area (Å²) in [6.07, 6.45) is -0.546. The molecule has 0 spiro atoms. The Kier molecular flexibility index (Phi) is 5.14. The van der Waals surface area contributed by atoms with Crippen LogP contribution in [-0.4, -0.2) is 19.1 Å². The molecular formula is C17H18N2O3. The minimum absolute atomic E-state index is 0.0819. The zero-order valence-corrected chi connectivity index (χ0v) is 12.5. The Labute approximate surface area is 129 Å². The molecule has 2 aromatic carbocycles. The number of rotatable bonds is 4. The fraction of sp³-hybridized carbons (Fsp3) is 0.176. The van der Waals surface area contributed by atoms with Crippen molar-refractivity contribution >= 4 is 17.7 Å². The van der Waals surface area contributed by atoms with Crippen LogP contribution in [0.15, 0.2) is 54.6 Å². The molecule has 2 aromatic rings. The molecule has 0 aliphatic rings. The summed E-state index contributed by atoms with van der Waals surface area (Å²) in [7, 11) is 1.29. The Hall–Kier alpha value is -2.82. The third-order valence-corrected chi connectivity index (χ3v) is 3.23. The number of ether oxygens (including phenoxy) is 1. The van der Waals surface area contributed by atoms with E-state index in [4.69, 9.17) is 0 Å². The first-order valence-corrected chi connectivity index (χ1v) is 6.91. The largest absolute Gasteiger partial charge is 0.453 e. The highest BCUT2D eigenvalue weighted by Crippen LogP contribution is 2.14. The van der Waals surface area contributed by atoms with E-state index in [1.165, 1.54) is 7.11 Å². The third-order valence-electron chi connectivity index (χ3n) is 3.23. The minimum atomic E-state index is -0.546. The van der Waals surface area contributed by atoms with Crippen molar-refractivity contribution in [3.8, 4) is 0 Å². The van der Waals surface area contributed by atoms with E-state index in [-0.39, 0.29) is 11.9 Å². The van der Waals surface area contributed by atoms with Gasteiger partial charge in [-0.1, -0.05) is 30.3 Å². The van der Waals surface area contributed by atoms with Crippen molar-refractivity contribution in [1.82, 2.24) is 5.32 Å².